The van der Waals surface area contributed by atoms with Crippen molar-refractivity contribution in [3.8, 4) is 0 Å². The van der Waals surface area contributed by atoms with Gasteiger partial charge in [-0.25, -0.2) is 0 Å². The Hall–Kier alpha value is -1.80. The highest BCUT2D eigenvalue weighted by Gasteiger charge is 2.19. The number of nitrogens with zero attached hydrogens (tertiary/aromatic N) is 2. The van der Waals surface area contributed by atoms with Crippen molar-refractivity contribution in [3.05, 3.63) is 30.3 Å². The van der Waals surface area contributed by atoms with Gasteiger partial charge >= 0.3 is 0 Å². The van der Waals surface area contributed by atoms with E-state index in [-0.39, 0.29) is 5.09 Å². The minimum absolute atomic E-state index is 0.107. The number of hydrogen-bond donors (Lipinski definition) is 2. The predicted molar refractivity (Wildman–Crippen MR) is 70.1 cm³/mol. The maximum absolute atomic E-state index is 12.0. The lowest BCUT2D eigenvalue weighted by Gasteiger charge is -2.02. The molecule has 2 N–H and O–H groups in total. The Morgan fingerprint density at radius 3 is 2.84 bits per heavy atom. The van der Waals surface area contributed by atoms with E-state index in [1.807, 2.05) is 6.92 Å². The monoisotopic (exact) mass is 284 g/mol. The zero-order chi connectivity index (χ0) is 13.9. The number of sulfonamides is 1. The maximum Gasteiger partial charge on any atom is 0.295 e. The van der Waals surface area contributed by atoms with Gasteiger partial charge in [0.05, 0.1) is 18.4 Å². The van der Waals surface area contributed by atoms with Crippen molar-refractivity contribution in [1.82, 2.24) is 15.1 Å². The van der Waals surface area contributed by atoms with Gasteiger partial charge in [0.15, 0.2) is 0 Å². The Morgan fingerprint density at radius 1 is 1.42 bits per heavy atom. The minimum atomic E-state index is -3.70. The van der Waals surface area contributed by atoms with Gasteiger partial charge in [-0.2, -0.15) is 13.5 Å². The van der Waals surface area contributed by atoms with Crippen LogP contribution < -0.4 is 10.0 Å². The van der Waals surface area contributed by atoms with E-state index in [0.29, 0.717) is 18.0 Å². The normalized spacial score (nSPS) is 11.7. The number of rotatable bonds is 6. The number of nitrogens with one attached hydrogen (secondary N) is 2. The molecule has 2 aromatic heterocycles. The van der Waals surface area contributed by atoms with Crippen LogP contribution in [0.3, 0.4) is 0 Å². The Balaban J connectivity index is 2.13. The Morgan fingerprint density at radius 2 is 2.21 bits per heavy atom. The molecule has 0 unspecified atom stereocenters. The molecule has 7 nitrogen and oxygen atoms in total. The first-order valence-electron chi connectivity index (χ1n) is 5.82. The van der Waals surface area contributed by atoms with E-state index < -0.39 is 10.0 Å². The second-order valence-corrected chi connectivity index (χ2v) is 5.62. The zero-order valence-corrected chi connectivity index (χ0v) is 11.6. The molecule has 104 valence electrons. The van der Waals surface area contributed by atoms with Crippen LogP contribution in [0, 0.1) is 0 Å². The van der Waals surface area contributed by atoms with Crippen LogP contribution in [0.2, 0.25) is 0 Å². The van der Waals surface area contributed by atoms with E-state index in [1.54, 1.807) is 19.3 Å². The van der Waals surface area contributed by atoms with Gasteiger partial charge in [0.1, 0.15) is 5.76 Å². The average Bonchev–Trinajstić information content (AvgIpc) is 2.95. The molecule has 2 rings (SSSR count). The third kappa shape index (κ3) is 3.36. The molecule has 0 aliphatic carbocycles. The highest BCUT2D eigenvalue weighted by molar-refractivity contribution is 7.92. The summed E-state index contributed by atoms with van der Waals surface area (Å²) >= 11 is 0. The van der Waals surface area contributed by atoms with E-state index in [0.717, 1.165) is 6.54 Å². The number of furan rings is 1. The van der Waals surface area contributed by atoms with E-state index in [1.165, 1.54) is 16.9 Å². The number of aryl methyl sites for hydroxylation is 1. The lowest BCUT2D eigenvalue weighted by atomic mass is 10.4. The molecule has 0 atom stereocenters. The van der Waals surface area contributed by atoms with Gasteiger partial charge in [0.25, 0.3) is 10.0 Å². The molecule has 8 heteroatoms. The van der Waals surface area contributed by atoms with E-state index in [9.17, 15) is 8.42 Å². The van der Waals surface area contributed by atoms with E-state index >= 15 is 0 Å². The Bertz CT molecular complexity index is 644. The van der Waals surface area contributed by atoms with Gasteiger partial charge in [-0.05, 0) is 18.7 Å². The minimum Gasteiger partial charge on any atom is -0.446 e. The van der Waals surface area contributed by atoms with Crippen molar-refractivity contribution in [3.63, 3.8) is 0 Å². The van der Waals surface area contributed by atoms with Crippen LogP contribution in [0.4, 0.5) is 5.69 Å². The molecule has 2 heterocycles. The Labute approximate surface area is 111 Å². The van der Waals surface area contributed by atoms with Crippen molar-refractivity contribution in [1.29, 1.82) is 0 Å². The van der Waals surface area contributed by atoms with Crippen LogP contribution in [0.25, 0.3) is 0 Å². The number of hydrogen-bond acceptors (Lipinski definition) is 5. The van der Waals surface area contributed by atoms with Crippen LogP contribution in [0.5, 0.6) is 0 Å². The summed E-state index contributed by atoms with van der Waals surface area (Å²) in [5.41, 5.74) is 0.395. The second kappa shape index (κ2) is 5.45. The highest BCUT2D eigenvalue weighted by atomic mass is 32.2. The molecule has 0 fully saturated rings. The molecule has 19 heavy (non-hydrogen) atoms. The topological polar surface area (TPSA) is 89.2 Å². The number of aromatic nitrogens is 2. The molecule has 0 saturated carbocycles. The van der Waals surface area contributed by atoms with E-state index in [2.05, 4.69) is 15.1 Å². The SMILES string of the molecule is CCNCc1ccc(S(=O)(=O)Nc2cnn(C)c2)o1. The van der Waals surface area contributed by atoms with Gasteiger partial charge in [0.2, 0.25) is 5.09 Å². The Kier molecular flexibility index (Phi) is 3.91. The summed E-state index contributed by atoms with van der Waals surface area (Å²) in [6, 6.07) is 3.08. The van der Waals surface area contributed by atoms with E-state index in [4.69, 9.17) is 4.42 Å². The molecular weight excluding hydrogens is 268 g/mol. The first-order chi connectivity index (χ1) is 9.01. The molecule has 2 aromatic rings. The molecule has 0 aliphatic heterocycles. The molecular formula is C11H16N4O3S. The first-order valence-corrected chi connectivity index (χ1v) is 7.30. The summed E-state index contributed by atoms with van der Waals surface area (Å²) in [5.74, 6) is 0.577. The van der Waals surface area contributed by atoms with Crippen LogP contribution in [-0.2, 0) is 23.6 Å². The summed E-state index contributed by atoms with van der Waals surface area (Å²) in [4.78, 5) is 0. The van der Waals surface area contributed by atoms with Gasteiger partial charge in [0, 0.05) is 13.2 Å². The zero-order valence-electron chi connectivity index (χ0n) is 10.8. The summed E-state index contributed by atoms with van der Waals surface area (Å²) in [7, 11) is -1.99. The third-order valence-electron chi connectivity index (χ3n) is 2.41. The van der Waals surface area contributed by atoms with Crippen LogP contribution in [0.15, 0.2) is 34.0 Å². The fourth-order valence-corrected chi connectivity index (χ4v) is 2.51. The van der Waals surface area contributed by atoms with Crippen LogP contribution in [0.1, 0.15) is 12.7 Å². The number of anilines is 1. The lowest BCUT2D eigenvalue weighted by Crippen LogP contribution is -2.12. The third-order valence-corrected chi connectivity index (χ3v) is 3.66. The van der Waals surface area contributed by atoms with Crippen molar-refractivity contribution < 1.29 is 12.8 Å². The molecule has 0 radical (unpaired) electrons. The molecule has 0 bridgehead atoms. The fourth-order valence-electron chi connectivity index (χ4n) is 1.53. The quantitative estimate of drug-likeness (QED) is 0.823. The standard InChI is InChI=1S/C11H16N4O3S/c1-3-12-7-10-4-5-11(18-10)19(16,17)14-9-6-13-15(2)8-9/h4-6,8,12,14H,3,7H2,1-2H3. The first kappa shape index (κ1) is 13.6. The van der Waals surface area contributed by atoms with Crippen molar-refractivity contribution in [2.75, 3.05) is 11.3 Å². The molecule has 0 aromatic carbocycles. The van der Waals surface area contributed by atoms with Crippen molar-refractivity contribution in [2.24, 2.45) is 7.05 Å². The fraction of sp³-hybridized carbons (Fsp3) is 0.364. The van der Waals surface area contributed by atoms with Crippen LogP contribution in [-0.4, -0.2) is 24.7 Å². The average molecular weight is 284 g/mol. The van der Waals surface area contributed by atoms with Gasteiger partial charge < -0.3 is 9.73 Å². The molecule has 0 aliphatic rings. The van der Waals surface area contributed by atoms with Gasteiger partial charge in [-0.3, -0.25) is 9.40 Å². The van der Waals surface area contributed by atoms with Crippen molar-refractivity contribution in [2.45, 2.75) is 18.6 Å². The largest absolute Gasteiger partial charge is 0.446 e. The lowest BCUT2D eigenvalue weighted by molar-refractivity contribution is 0.405. The summed E-state index contributed by atoms with van der Waals surface area (Å²) in [6.45, 7) is 3.25. The summed E-state index contributed by atoms with van der Waals surface area (Å²) < 4.78 is 33.3. The van der Waals surface area contributed by atoms with Gasteiger partial charge in [-0.15, -0.1) is 0 Å². The molecule has 0 saturated heterocycles. The second-order valence-electron chi connectivity index (χ2n) is 4.01. The maximum atomic E-state index is 12.0. The molecule has 0 amide bonds. The smallest absolute Gasteiger partial charge is 0.295 e. The van der Waals surface area contributed by atoms with Crippen molar-refractivity contribution >= 4 is 15.7 Å². The van der Waals surface area contributed by atoms with Crippen LogP contribution >= 0.6 is 0 Å². The highest BCUT2D eigenvalue weighted by Crippen LogP contribution is 2.17. The summed E-state index contributed by atoms with van der Waals surface area (Å²) in [5, 5.41) is 6.84. The predicted octanol–water partition coefficient (Wildman–Crippen LogP) is 0.923. The summed E-state index contributed by atoms with van der Waals surface area (Å²) in [6.07, 6.45) is 3.00. The molecule has 0 spiro atoms. The van der Waals surface area contributed by atoms with Gasteiger partial charge in [-0.1, -0.05) is 6.92 Å².